The van der Waals surface area contributed by atoms with Gasteiger partial charge in [0.15, 0.2) is 11.5 Å². The zero-order valence-electron chi connectivity index (χ0n) is 17.8. The summed E-state index contributed by atoms with van der Waals surface area (Å²) in [5.74, 6) is 0.949. The standard InChI is InChI=1S/C21H29ClN6O3/c1-3-4-16(7-9-29)31-21-26-19(23)20-25-13-15(28(20)27-21)11-14-5-6-17(12-18(14)22)30-10-8-24-2/h5-6,12-13,16,24,29H,3-4,7-11H2,1-2H3,(H2,23,26,27). The summed E-state index contributed by atoms with van der Waals surface area (Å²) in [5.41, 5.74) is 8.25. The van der Waals surface area contributed by atoms with Crippen LogP contribution in [-0.4, -0.2) is 57.6 Å². The van der Waals surface area contributed by atoms with Crippen LogP contribution in [0.3, 0.4) is 0 Å². The van der Waals surface area contributed by atoms with Gasteiger partial charge in [0.05, 0.1) is 11.9 Å². The number of nitrogens with one attached hydrogen (secondary N) is 1. The van der Waals surface area contributed by atoms with Crippen LogP contribution in [0, 0.1) is 0 Å². The highest BCUT2D eigenvalue weighted by molar-refractivity contribution is 6.31. The maximum atomic E-state index is 9.26. The molecule has 4 N–H and O–H groups in total. The lowest BCUT2D eigenvalue weighted by Gasteiger charge is -2.16. The van der Waals surface area contributed by atoms with Gasteiger partial charge in [-0.2, -0.15) is 4.98 Å². The van der Waals surface area contributed by atoms with Crippen LogP contribution in [0.2, 0.25) is 5.02 Å². The summed E-state index contributed by atoms with van der Waals surface area (Å²) < 4.78 is 13.2. The number of aliphatic hydroxyl groups is 1. The molecule has 0 radical (unpaired) electrons. The molecular formula is C21H29ClN6O3. The summed E-state index contributed by atoms with van der Waals surface area (Å²) in [6.07, 6.45) is 4.24. The van der Waals surface area contributed by atoms with E-state index in [-0.39, 0.29) is 24.5 Å². The number of hydrogen-bond donors (Lipinski definition) is 3. The molecule has 1 unspecified atom stereocenters. The molecule has 0 amide bonds. The second kappa shape index (κ2) is 11.1. The molecule has 31 heavy (non-hydrogen) atoms. The van der Waals surface area contributed by atoms with Crippen LogP contribution in [0.1, 0.15) is 37.4 Å². The predicted molar refractivity (Wildman–Crippen MR) is 120 cm³/mol. The molecule has 2 heterocycles. The molecule has 1 aromatic carbocycles. The van der Waals surface area contributed by atoms with Crippen LogP contribution in [0.5, 0.6) is 11.8 Å². The third kappa shape index (κ3) is 5.96. The van der Waals surface area contributed by atoms with E-state index in [0.29, 0.717) is 30.1 Å². The molecule has 2 aromatic heterocycles. The highest BCUT2D eigenvalue weighted by Crippen LogP contribution is 2.26. The van der Waals surface area contributed by atoms with Gasteiger partial charge in [0.1, 0.15) is 18.5 Å². The number of ether oxygens (including phenoxy) is 2. The smallest absolute Gasteiger partial charge is 0.336 e. The zero-order chi connectivity index (χ0) is 22.2. The van der Waals surface area contributed by atoms with Gasteiger partial charge in [-0.25, -0.2) is 9.50 Å². The van der Waals surface area contributed by atoms with Gasteiger partial charge < -0.3 is 25.6 Å². The Bertz CT molecular complexity index is 991. The van der Waals surface area contributed by atoms with Crippen molar-refractivity contribution in [3.05, 3.63) is 40.7 Å². The quantitative estimate of drug-likeness (QED) is 0.361. The lowest BCUT2D eigenvalue weighted by atomic mass is 10.1. The number of benzene rings is 1. The lowest BCUT2D eigenvalue weighted by Crippen LogP contribution is -2.20. The highest BCUT2D eigenvalue weighted by Gasteiger charge is 2.16. The number of aromatic nitrogens is 4. The first-order valence-electron chi connectivity index (χ1n) is 10.4. The molecule has 0 saturated carbocycles. The molecule has 3 aromatic rings. The summed E-state index contributed by atoms with van der Waals surface area (Å²) in [5, 5.41) is 17.4. The maximum Gasteiger partial charge on any atom is 0.336 e. The van der Waals surface area contributed by atoms with Crippen molar-refractivity contribution < 1.29 is 14.6 Å². The van der Waals surface area contributed by atoms with Crippen molar-refractivity contribution in [2.75, 3.05) is 32.5 Å². The number of nitrogen functional groups attached to an aromatic ring is 1. The summed E-state index contributed by atoms with van der Waals surface area (Å²) >= 11 is 6.48. The number of nitrogens with zero attached hydrogens (tertiary/aromatic N) is 4. The van der Waals surface area contributed by atoms with Crippen molar-refractivity contribution in [2.45, 2.75) is 38.7 Å². The van der Waals surface area contributed by atoms with Crippen molar-refractivity contribution in [3.8, 4) is 11.8 Å². The molecular weight excluding hydrogens is 420 g/mol. The minimum atomic E-state index is -0.177. The number of aliphatic hydroxyl groups excluding tert-OH is 1. The van der Waals surface area contributed by atoms with Crippen molar-refractivity contribution in [3.63, 3.8) is 0 Å². The largest absolute Gasteiger partial charge is 0.492 e. The van der Waals surface area contributed by atoms with Gasteiger partial charge in [0.25, 0.3) is 0 Å². The van der Waals surface area contributed by atoms with E-state index >= 15 is 0 Å². The molecule has 0 fully saturated rings. The first-order chi connectivity index (χ1) is 15.0. The van der Waals surface area contributed by atoms with Crippen LogP contribution >= 0.6 is 11.6 Å². The Balaban J connectivity index is 1.82. The molecule has 0 aliphatic carbocycles. The normalized spacial score (nSPS) is 12.3. The highest BCUT2D eigenvalue weighted by atomic mass is 35.5. The first kappa shape index (κ1) is 23.1. The number of likely N-dealkylation sites (N-methyl/N-ethyl adjacent to an activating group) is 1. The number of imidazole rings is 1. The van der Waals surface area contributed by atoms with Gasteiger partial charge in [-0.1, -0.05) is 31.0 Å². The number of hydrogen-bond acceptors (Lipinski definition) is 8. The van der Waals surface area contributed by atoms with E-state index in [1.165, 1.54) is 0 Å². The fourth-order valence-electron chi connectivity index (χ4n) is 3.20. The number of anilines is 1. The Kier molecular flexibility index (Phi) is 8.27. The minimum Gasteiger partial charge on any atom is -0.492 e. The molecule has 0 saturated heterocycles. The predicted octanol–water partition coefficient (Wildman–Crippen LogP) is 2.48. The molecule has 0 aliphatic rings. The third-order valence-electron chi connectivity index (χ3n) is 4.79. The van der Waals surface area contributed by atoms with Crippen LogP contribution in [-0.2, 0) is 6.42 Å². The number of halogens is 1. The number of fused-ring (bicyclic) bond motifs is 1. The maximum absolute atomic E-state index is 9.26. The van der Waals surface area contributed by atoms with Crippen molar-refractivity contribution in [1.82, 2.24) is 24.9 Å². The van der Waals surface area contributed by atoms with Crippen LogP contribution in [0.4, 0.5) is 5.82 Å². The van der Waals surface area contributed by atoms with Gasteiger partial charge in [-0.3, -0.25) is 0 Å². The third-order valence-corrected chi connectivity index (χ3v) is 5.14. The molecule has 0 spiro atoms. The Labute approximate surface area is 186 Å². The molecule has 9 nitrogen and oxygen atoms in total. The first-order valence-corrected chi connectivity index (χ1v) is 10.8. The Morgan fingerprint density at radius 3 is 2.87 bits per heavy atom. The summed E-state index contributed by atoms with van der Waals surface area (Å²) in [7, 11) is 1.87. The summed E-state index contributed by atoms with van der Waals surface area (Å²) in [6.45, 7) is 3.41. The van der Waals surface area contributed by atoms with E-state index < -0.39 is 0 Å². The monoisotopic (exact) mass is 448 g/mol. The van der Waals surface area contributed by atoms with E-state index in [1.807, 2.05) is 19.2 Å². The van der Waals surface area contributed by atoms with E-state index in [0.717, 1.165) is 36.4 Å². The van der Waals surface area contributed by atoms with Crippen molar-refractivity contribution in [1.29, 1.82) is 0 Å². The fraction of sp³-hybridized carbons (Fsp3) is 0.476. The molecule has 3 rings (SSSR count). The fourth-order valence-corrected chi connectivity index (χ4v) is 3.44. The topological polar surface area (TPSA) is 120 Å². The Hall–Kier alpha value is -2.62. The van der Waals surface area contributed by atoms with Crippen LogP contribution in [0.15, 0.2) is 24.4 Å². The summed E-state index contributed by atoms with van der Waals surface area (Å²) in [4.78, 5) is 8.57. The van der Waals surface area contributed by atoms with Gasteiger partial charge >= 0.3 is 6.01 Å². The number of nitrogens with two attached hydrogens (primary N) is 1. The Morgan fingerprint density at radius 1 is 1.32 bits per heavy atom. The molecule has 1 atom stereocenters. The second-order valence-electron chi connectivity index (χ2n) is 7.19. The minimum absolute atomic E-state index is 0.0336. The van der Waals surface area contributed by atoms with Crippen molar-refractivity contribution >= 4 is 23.1 Å². The van der Waals surface area contributed by atoms with Crippen molar-refractivity contribution in [2.24, 2.45) is 0 Å². The van der Waals surface area contributed by atoms with E-state index in [2.05, 4.69) is 27.3 Å². The average molecular weight is 449 g/mol. The number of rotatable bonds is 12. The van der Waals surface area contributed by atoms with Crippen LogP contribution < -0.4 is 20.5 Å². The lowest BCUT2D eigenvalue weighted by molar-refractivity contribution is 0.133. The van der Waals surface area contributed by atoms with E-state index in [4.69, 9.17) is 26.8 Å². The molecule has 0 bridgehead atoms. The average Bonchev–Trinajstić information content (AvgIpc) is 3.14. The Morgan fingerprint density at radius 2 is 2.16 bits per heavy atom. The SMILES string of the molecule is CCCC(CCO)Oc1nc(N)c2ncc(Cc3ccc(OCCNC)cc3Cl)n2n1. The van der Waals surface area contributed by atoms with E-state index in [1.54, 1.807) is 16.8 Å². The van der Waals surface area contributed by atoms with Gasteiger partial charge in [0, 0.05) is 31.0 Å². The van der Waals surface area contributed by atoms with Crippen LogP contribution in [0.25, 0.3) is 5.65 Å². The van der Waals surface area contributed by atoms with Gasteiger partial charge in [-0.15, -0.1) is 5.10 Å². The molecule has 168 valence electrons. The molecule has 0 aliphatic heterocycles. The summed E-state index contributed by atoms with van der Waals surface area (Å²) in [6, 6.07) is 5.78. The molecule has 10 heteroatoms. The second-order valence-corrected chi connectivity index (χ2v) is 7.59. The van der Waals surface area contributed by atoms with Gasteiger partial charge in [-0.05, 0) is 31.2 Å². The van der Waals surface area contributed by atoms with Gasteiger partial charge in [0.2, 0.25) is 0 Å². The zero-order valence-corrected chi connectivity index (χ0v) is 18.6. The van der Waals surface area contributed by atoms with E-state index in [9.17, 15) is 5.11 Å².